The zero-order chi connectivity index (χ0) is 14.3. The molecule has 7 heteroatoms. The molecule has 1 fully saturated rings. The van der Waals surface area contributed by atoms with E-state index in [2.05, 4.69) is 9.82 Å². The number of hydrogen-bond acceptors (Lipinski definition) is 4. The smallest absolute Gasteiger partial charge is 0.244 e. The molecule has 0 unspecified atom stereocenters. The number of nitrogens with zero attached hydrogens (tertiary/aromatic N) is 2. The van der Waals surface area contributed by atoms with E-state index in [4.69, 9.17) is 0 Å². The van der Waals surface area contributed by atoms with E-state index < -0.39 is 10.0 Å². The summed E-state index contributed by atoms with van der Waals surface area (Å²) in [6.07, 6.45) is 3.47. The Hall–Kier alpha value is -1.18. The van der Waals surface area contributed by atoms with Crippen LogP contribution in [0.1, 0.15) is 32.7 Å². The quantitative estimate of drug-likeness (QED) is 0.923. The Bertz CT molecular complexity index is 698. The van der Waals surface area contributed by atoms with E-state index in [1.165, 1.54) is 11.3 Å². The van der Waals surface area contributed by atoms with Crippen molar-refractivity contribution in [3.63, 3.8) is 0 Å². The summed E-state index contributed by atoms with van der Waals surface area (Å²) in [6, 6.07) is 4.02. The van der Waals surface area contributed by atoms with Gasteiger partial charge in [-0.2, -0.15) is 5.10 Å². The van der Waals surface area contributed by atoms with Crippen LogP contribution in [0.2, 0.25) is 0 Å². The first kappa shape index (κ1) is 13.8. The SMILES string of the molecule is CC(C)n1cc(S(=O)(=O)NC2CC2)c(-c2cccs2)n1. The molecule has 1 aliphatic rings. The van der Waals surface area contributed by atoms with Gasteiger partial charge in [0.25, 0.3) is 0 Å². The molecule has 0 aliphatic heterocycles. The molecule has 0 saturated heterocycles. The second-order valence-electron chi connectivity index (χ2n) is 5.29. The van der Waals surface area contributed by atoms with Crippen molar-refractivity contribution < 1.29 is 8.42 Å². The molecule has 5 nitrogen and oxygen atoms in total. The highest BCUT2D eigenvalue weighted by molar-refractivity contribution is 7.89. The summed E-state index contributed by atoms with van der Waals surface area (Å²) in [5.74, 6) is 0. The highest BCUT2D eigenvalue weighted by atomic mass is 32.2. The van der Waals surface area contributed by atoms with Crippen LogP contribution in [0.3, 0.4) is 0 Å². The molecule has 108 valence electrons. The van der Waals surface area contributed by atoms with Gasteiger partial charge in [-0.3, -0.25) is 4.68 Å². The van der Waals surface area contributed by atoms with Gasteiger partial charge in [-0.05, 0) is 38.1 Å². The van der Waals surface area contributed by atoms with Gasteiger partial charge in [0.2, 0.25) is 10.0 Å². The Kier molecular flexibility index (Phi) is 3.43. The zero-order valence-corrected chi connectivity index (χ0v) is 13.0. The lowest BCUT2D eigenvalue weighted by atomic mass is 10.3. The number of rotatable bonds is 5. The number of sulfonamides is 1. The highest BCUT2D eigenvalue weighted by Gasteiger charge is 2.31. The molecule has 1 saturated carbocycles. The molecule has 20 heavy (non-hydrogen) atoms. The van der Waals surface area contributed by atoms with Crippen LogP contribution in [0.15, 0.2) is 28.6 Å². The van der Waals surface area contributed by atoms with Crippen LogP contribution in [-0.2, 0) is 10.0 Å². The van der Waals surface area contributed by atoms with Gasteiger partial charge in [0.1, 0.15) is 10.6 Å². The molecule has 2 aromatic rings. The summed E-state index contributed by atoms with van der Waals surface area (Å²) >= 11 is 1.50. The molecular weight excluding hydrogens is 294 g/mol. The van der Waals surface area contributed by atoms with Gasteiger partial charge in [0.15, 0.2) is 0 Å². The van der Waals surface area contributed by atoms with Crippen molar-refractivity contribution in [1.82, 2.24) is 14.5 Å². The van der Waals surface area contributed by atoms with Crippen LogP contribution in [-0.4, -0.2) is 24.2 Å². The summed E-state index contributed by atoms with van der Waals surface area (Å²) in [7, 11) is -3.49. The summed E-state index contributed by atoms with van der Waals surface area (Å²) in [6.45, 7) is 3.96. The number of aromatic nitrogens is 2. The Morgan fingerprint density at radius 3 is 2.75 bits per heavy atom. The Morgan fingerprint density at radius 1 is 1.45 bits per heavy atom. The Morgan fingerprint density at radius 2 is 2.20 bits per heavy atom. The molecule has 0 radical (unpaired) electrons. The average Bonchev–Trinajstić information content (AvgIpc) is 2.91. The van der Waals surface area contributed by atoms with Crippen molar-refractivity contribution >= 4 is 21.4 Å². The number of nitrogens with one attached hydrogen (secondary N) is 1. The van der Waals surface area contributed by atoms with Crippen LogP contribution in [0, 0.1) is 0 Å². The maximum atomic E-state index is 12.5. The van der Waals surface area contributed by atoms with Crippen LogP contribution in [0.5, 0.6) is 0 Å². The standard InChI is InChI=1S/C13H17N3O2S2/c1-9(2)16-8-12(20(17,18)15-10-5-6-10)13(14-16)11-4-3-7-19-11/h3-4,7-10,15H,5-6H2,1-2H3. The van der Waals surface area contributed by atoms with Crippen molar-refractivity contribution in [1.29, 1.82) is 0 Å². The third-order valence-corrected chi connectivity index (χ3v) is 5.57. The monoisotopic (exact) mass is 311 g/mol. The van der Waals surface area contributed by atoms with Crippen molar-refractivity contribution in [3.8, 4) is 10.6 Å². The summed E-state index contributed by atoms with van der Waals surface area (Å²) < 4.78 is 29.4. The van der Waals surface area contributed by atoms with Gasteiger partial charge in [-0.1, -0.05) is 6.07 Å². The second-order valence-corrected chi connectivity index (χ2v) is 7.92. The average molecular weight is 311 g/mol. The minimum atomic E-state index is -3.49. The first-order valence-corrected chi connectivity index (χ1v) is 8.99. The topological polar surface area (TPSA) is 64.0 Å². The largest absolute Gasteiger partial charge is 0.268 e. The van der Waals surface area contributed by atoms with Crippen LogP contribution in [0.25, 0.3) is 10.6 Å². The first-order chi connectivity index (χ1) is 9.47. The van der Waals surface area contributed by atoms with Crippen molar-refractivity contribution in [2.75, 3.05) is 0 Å². The maximum absolute atomic E-state index is 12.5. The van der Waals surface area contributed by atoms with Crippen molar-refractivity contribution in [2.24, 2.45) is 0 Å². The van der Waals surface area contributed by atoms with E-state index in [9.17, 15) is 8.42 Å². The minimum absolute atomic E-state index is 0.0959. The third kappa shape index (κ3) is 2.65. The van der Waals surface area contributed by atoms with Gasteiger partial charge in [0, 0.05) is 18.3 Å². The highest BCUT2D eigenvalue weighted by Crippen LogP contribution is 2.31. The predicted octanol–water partition coefficient (Wildman–Crippen LogP) is 2.63. The molecule has 0 bridgehead atoms. The molecule has 2 heterocycles. The van der Waals surface area contributed by atoms with E-state index in [1.807, 2.05) is 31.4 Å². The Balaban J connectivity index is 2.08. The lowest BCUT2D eigenvalue weighted by Gasteiger charge is -2.04. The molecule has 0 atom stereocenters. The normalized spacial score (nSPS) is 15.9. The van der Waals surface area contributed by atoms with Gasteiger partial charge in [0.05, 0.1) is 4.88 Å². The molecule has 1 N–H and O–H groups in total. The van der Waals surface area contributed by atoms with E-state index in [-0.39, 0.29) is 17.0 Å². The lowest BCUT2D eigenvalue weighted by molar-refractivity contribution is 0.532. The van der Waals surface area contributed by atoms with Crippen molar-refractivity contribution in [2.45, 2.75) is 43.7 Å². The van der Waals surface area contributed by atoms with Gasteiger partial charge in [-0.25, -0.2) is 13.1 Å². The van der Waals surface area contributed by atoms with Crippen LogP contribution < -0.4 is 4.72 Å². The van der Waals surface area contributed by atoms with Crippen molar-refractivity contribution in [3.05, 3.63) is 23.7 Å². The molecule has 0 amide bonds. The molecule has 2 aromatic heterocycles. The fourth-order valence-corrected chi connectivity index (χ4v) is 4.15. The third-order valence-electron chi connectivity index (χ3n) is 3.17. The van der Waals surface area contributed by atoms with Gasteiger partial charge >= 0.3 is 0 Å². The van der Waals surface area contributed by atoms with Gasteiger partial charge in [-0.15, -0.1) is 11.3 Å². The maximum Gasteiger partial charge on any atom is 0.244 e. The van der Waals surface area contributed by atoms with E-state index in [0.717, 1.165) is 17.7 Å². The molecule has 3 rings (SSSR count). The fourth-order valence-electron chi connectivity index (χ4n) is 1.90. The molecule has 0 aromatic carbocycles. The Labute approximate surface area is 122 Å². The van der Waals surface area contributed by atoms with E-state index in [1.54, 1.807) is 10.9 Å². The number of hydrogen-bond donors (Lipinski definition) is 1. The molecular formula is C13H17N3O2S2. The first-order valence-electron chi connectivity index (χ1n) is 6.63. The number of thiophene rings is 1. The van der Waals surface area contributed by atoms with E-state index >= 15 is 0 Å². The van der Waals surface area contributed by atoms with Crippen LogP contribution >= 0.6 is 11.3 Å². The predicted molar refractivity (Wildman–Crippen MR) is 79.3 cm³/mol. The van der Waals surface area contributed by atoms with Gasteiger partial charge < -0.3 is 0 Å². The van der Waals surface area contributed by atoms with Crippen LogP contribution in [0.4, 0.5) is 0 Å². The second kappa shape index (κ2) is 4.98. The zero-order valence-electron chi connectivity index (χ0n) is 11.4. The fraction of sp³-hybridized carbons (Fsp3) is 0.462. The summed E-state index contributed by atoms with van der Waals surface area (Å²) in [4.78, 5) is 1.15. The summed E-state index contributed by atoms with van der Waals surface area (Å²) in [5.41, 5.74) is 0.543. The molecule has 1 aliphatic carbocycles. The van der Waals surface area contributed by atoms with E-state index in [0.29, 0.717) is 5.69 Å². The summed E-state index contributed by atoms with van der Waals surface area (Å²) in [5, 5.41) is 6.38. The molecule has 0 spiro atoms. The minimum Gasteiger partial charge on any atom is -0.268 e. The lowest BCUT2D eigenvalue weighted by Crippen LogP contribution is -2.25.